The minimum absolute atomic E-state index is 0.0462. The van der Waals surface area contributed by atoms with Crippen molar-refractivity contribution in [1.82, 2.24) is 0 Å². The van der Waals surface area contributed by atoms with Crippen LogP contribution in [-0.2, 0) is 0 Å². The third-order valence-corrected chi connectivity index (χ3v) is 3.88. The molecule has 0 unspecified atom stereocenters. The Bertz CT molecular complexity index is 899. The Morgan fingerprint density at radius 3 is 1.61 bits per heavy atom. The summed E-state index contributed by atoms with van der Waals surface area (Å²) in [5, 5.41) is 16.2. The number of hydrogen-bond donors (Lipinski definition) is 2. The number of aromatic carboxylic acids is 2. The Labute approximate surface area is 170 Å². The molecular weight excluding hydrogens is 407 g/mol. The number of carbonyl (C=O) groups is 4. The summed E-state index contributed by atoms with van der Waals surface area (Å²) in [6.45, 7) is 6.93. The fraction of sp³-hybridized carbons (Fsp3) is 0. The number of carboxylic acid groups (broad SMARTS) is 2. The van der Waals surface area contributed by atoms with Crippen molar-refractivity contribution in [2.75, 3.05) is 0 Å². The van der Waals surface area contributed by atoms with E-state index in [0.29, 0.717) is 22.3 Å². The summed E-state index contributed by atoms with van der Waals surface area (Å²) >= 11 is 10.6. The maximum Gasteiger partial charge on any atom is 0.336 e. The molecule has 0 spiro atoms. The highest BCUT2D eigenvalue weighted by molar-refractivity contribution is 6.68. The molecule has 28 heavy (non-hydrogen) atoms. The van der Waals surface area contributed by atoms with Gasteiger partial charge in [0.1, 0.15) is 0 Å². The third-order valence-electron chi connectivity index (χ3n) is 3.46. The summed E-state index contributed by atoms with van der Waals surface area (Å²) in [5.41, 5.74) is 1.51. The quantitative estimate of drug-likeness (QED) is 0.648. The van der Waals surface area contributed by atoms with E-state index in [1.54, 1.807) is 0 Å². The second-order valence-electron chi connectivity index (χ2n) is 5.17. The van der Waals surface area contributed by atoms with Gasteiger partial charge in [-0.3, -0.25) is 9.59 Å². The molecule has 0 saturated carbocycles. The summed E-state index contributed by atoms with van der Waals surface area (Å²) in [6.07, 6.45) is 2.76. The fourth-order valence-electron chi connectivity index (χ4n) is 2.09. The Morgan fingerprint density at radius 2 is 1.18 bits per heavy atom. The first-order valence-corrected chi connectivity index (χ1v) is 8.27. The number of hydrogen-bond acceptors (Lipinski definition) is 4. The van der Waals surface area contributed by atoms with E-state index in [0.717, 1.165) is 0 Å². The Balaban J connectivity index is 0.000000280. The van der Waals surface area contributed by atoms with Crippen molar-refractivity contribution >= 4 is 57.8 Å². The molecule has 2 N–H and O–H groups in total. The molecule has 0 aliphatic rings. The van der Waals surface area contributed by atoms with Crippen LogP contribution in [0.15, 0.2) is 49.6 Å². The molecule has 0 aromatic heterocycles. The average Bonchev–Trinajstić information content (AvgIpc) is 2.66. The molecule has 0 fully saturated rings. The van der Waals surface area contributed by atoms with Crippen LogP contribution in [0.5, 0.6) is 0 Å². The van der Waals surface area contributed by atoms with E-state index in [1.165, 1.54) is 48.6 Å². The lowest BCUT2D eigenvalue weighted by atomic mass is 10.0. The van der Waals surface area contributed by atoms with E-state index in [-0.39, 0.29) is 11.1 Å². The lowest BCUT2D eigenvalue weighted by Crippen LogP contribution is -2.03. The standard InChI is InChI=1S/C10H6Cl2O2.C10H8O4/c1-2-6-5-7(9(11)13)3-4-8(6)10(12)14;1-2-6-5-7(9(11)12)3-4-8(6)10(13)14/h2-5H,1H2;2-5H,1H2,(H,11,12)(H,13,14). The van der Waals surface area contributed by atoms with Crippen LogP contribution in [0.1, 0.15) is 52.6 Å². The lowest BCUT2D eigenvalue weighted by Gasteiger charge is -2.01. The van der Waals surface area contributed by atoms with Crippen LogP contribution in [0, 0.1) is 0 Å². The maximum atomic E-state index is 10.9. The lowest BCUT2D eigenvalue weighted by molar-refractivity contribution is 0.0681. The summed E-state index contributed by atoms with van der Waals surface area (Å²) in [4.78, 5) is 42.9. The van der Waals surface area contributed by atoms with Gasteiger partial charge in [-0.15, -0.1) is 0 Å². The van der Waals surface area contributed by atoms with Crippen LogP contribution in [-0.4, -0.2) is 32.6 Å². The summed E-state index contributed by atoms with van der Waals surface area (Å²) in [7, 11) is 0. The van der Waals surface area contributed by atoms with E-state index in [1.807, 2.05) is 0 Å². The zero-order valence-corrected chi connectivity index (χ0v) is 15.8. The van der Waals surface area contributed by atoms with E-state index in [9.17, 15) is 19.2 Å². The van der Waals surface area contributed by atoms with Crippen LogP contribution in [0.2, 0.25) is 0 Å². The SMILES string of the molecule is C=Cc1cc(C(=O)Cl)ccc1C(=O)Cl.C=Cc1cc(C(=O)O)ccc1C(=O)O. The van der Waals surface area contributed by atoms with Crippen molar-refractivity contribution in [2.24, 2.45) is 0 Å². The van der Waals surface area contributed by atoms with Gasteiger partial charge in [0.15, 0.2) is 0 Å². The number of halogens is 2. The fourth-order valence-corrected chi connectivity index (χ4v) is 2.38. The molecular formula is C20H14Cl2O6. The van der Waals surface area contributed by atoms with Gasteiger partial charge in [0, 0.05) is 11.1 Å². The highest BCUT2D eigenvalue weighted by Gasteiger charge is 2.11. The topological polar surface area (TPSA) is 109 Å². The number of carboxylic acids is 2. The molecule has 0 radical (unpaired) electrons. The van der Waals surface area contributed by atoms with Gasteiger partial charge in [0.05, 0.1) is 11.1 Å². The Hall–Kier alpha value is -3.22. The second-order valence-corrected chi connectivity index (χ2v) is 5.86. The smallest absolute Gasteiger partial charge is 0.336 e. The van der Waals surface area contributed by atoms with Crippen molar-refractivity contribution in [3.8, 4) is 0 Å². The maximum absolute atomic E-state index is 10.9. The number of carbonyl (C=O) groups excluding carboxylic acids is 2. The van der Waals surface area contributed by atoms with Crippen LogP contribution in [0.3, 0.4) is 0 Å². The molecule has 0 amide bonds. The summed E-state index contributed by atoms with van der Waals surface area (Å²) in [6, 6.07) is 8.14. The molecule has 0 heterocycles. The zero-order chi connectivity index (χ0) is 21.4. The molecule has 8 heteroatoms. The predicted molar refractivity (Wildman–Crippen MR) is 107 cm³/mol. The van der Waals surface area contributed by atoms with Gasteiger partial charge in [-0.1, -0.05) is 25.3 Å². The van der Waals surface area contributed by atoms with Crippen LogP contribution >= 0.6 is 23.2 Å². The van der Waals surface area contributed by atoms with E-state index in [2.05, 4.69) is 13.2 Å². The van der Waals surface area contributed by atoms with Crippen molar-refractivity contribution in [3.63, 3.8) is 0 Å². The van der Waals surface area contributed by atoms with Crippen LogP contribution < -0.4 is 0 Å². The Morgan fingerprint density at radius 1 is 0.714 bits per heavy atom. The minimum atomic E-state index is -1.10. The van der Waals surface area contributed by atoms with Crippen molar-refractivity contribution in [3.05, 3.63) is 82.9 Å². The molecule has 2 rings (SSSR count). The van der Waals surface area contributed by atoms with Gasteiger partial charge in [-0.05, 0) is 70.7 Å². The van der Waals surface area contributed by atoms with Crippen molar-refractivity contribution in [1.29, 1.82) is 0 Å². The van der Waals surface area contributed by atoms with E-state index in [4.69, 9.17) is 33.4 Å². The third kappa shape index (κ3) is 5.90. The van der Waals surface area contributed by atoms with Crippen LogP contribution in [0.25, 0.3) is 12.2 Å². The van der Waals surface area contributed by atoms with Gasteiger partial charge in [-0.25, -0.2) is 9.59 Å². The van der Waals surface area contributed by atoms with Gasteiger partial charge in [0.25, 0.3) is 10.5 Å². The molecule has 0 bridgehead atoms. The monoisotopic (exact) mass is 420 g/mol. The largest absolute Gasteiger partial charge is 0.478 e. The number of rotatable bonds is 6. The van der Waals surface area contributed by atoms with Crippen molar-refractivity contribution < 1.29 is 29.4 Å². The Kier molecular flexibility index (Phi) is 8.31. The highest BCUT2D eigenvalue weighted by Crippen LogP contribution is 2.17. The molecule has 6 nitrogen and oxygen atoms in total. The van der Waals surface area contributed by atoms with Crippen molar-refractivity contribution in [2.45, 2.75) is 0 Å². The molecule has 2 aromatic carbocycles. The second kappa shape index (κ2) is 10.2. The molecule has 2 aromatic rings. The van der Waals surface area contributed by atoms with Gasteiger partial charge in [0.2, 0.25) is 0 Å². The molecule has 0 saturated heterocycles. The molecule has 0 atom stereocenters. The molecule has 144 valence electrons. The zero-order valence-electron chi connectivity index (χ0n) is 14.3. The van der Waals surface area contributed by atoms with E-state index < -0.39 is 22.4 Å². The minimum Gasteiger partial charge on any atom is -0.478 e. The van der Waals surface area contributed by atoms with Gasteiger partial charge < -0.3 is 10.2 Å². The first-order valence-electron chi connectivity index (χ1n) is 7.51. The normalized spacial score (nSPS) is 9.50. The van der Waals surface area contributed by atoms with Gasteiger partial charge >= 0.3 is 11.9 Å². The summed E-state index contributed by atoms with van der Waals surface area (Å²) < 4.78 is 0. The van der Waals surface area contributed by atoms with Crippen LogP contribution in [0.4, 0.5) is 0 Å². The first-order chi connectivity index (χ1) is 13.1. The summed E-state index contributed by atoms with van der Waals surface area (Å²) in [5.74, 6) is -2.19. The average molecular weight is 421 g/mol. The molecule has 0 aliphatic carbocycles. The highest BCUT2D eigenvalue weighted by atomic mass is 35.5. The first kappa shape index (κ1) is 22.8. The predicted octanol–water partition coefficient (Wildman–Crippen LogP) is 4.81. The molecule has 0 aliphatic heterocycles. The number of benzene rings is 2. The van der Waals surface area contributed by atoms with Gasteiger partial charge in [-0.2, -0.15) is 0 Å². The van der Waals surface area contributed by atoms with E-state index >= 15 is 0 Å².